The minimum absolute atomic E-state index is 0.0107. The molecule has 2 aromatic heterocycles. The molecule has 0 amide bonds. The van der Waals surface area contributed by atoms with E-state index in [-0.39, 0.29) is 5.88 Å². The van der Waals surface area contributed by atoms with E-state index < -0.39 is 18.3 Å². The molecule has 1 unspecified atom stereocenters. The molecular formula is C23H27F2N5O2. The van der Waals surface area contributed by atoms with Crippen molar-refractivity contribution in [2.45, 2.75) is 58.5 Å². The molecule has 1 aliphatic heterocycles. The molecule has 0 fully saturated rings. The van der Waals surface area contributed by atoms with Gasteiger partial charge in [-0.1, -0.05) is 31.2 Å². The second kappa shape index (κ2) is 8.55. The lowest BCUT2D eigenvalue weighted by atomic mass is 10.1. The van der Waals surface area contributed by atoms with Gasteiger partial charge in [0.15, 0.2) is 6.61 Å². The van der Waals surface area contributed by atoms with E-state index in [9.17, 15) is 13.9 Å². The van der Waals surface area contributed by atoms with Crippen LogP contribution in [0.1, 0.15) is 44.0 Å². The third-order valence-corrected chi connectivity index (χ3v) is 5.53. The summed E-state index contributed by atoms with van der Waals surface area (Å²) in [4.78, 5) is 10.0. The Kier molecular flexibility index (Phi) is 5.96. The van der Waals surface area contributed by atoms with Crippen LogP contribution in [-0.4, -0.2) is 42.3 Å². The zero-order valence-corrected chi connectivity index (χ0v) is 18.4. The SMILES string of the molecule is CCCn1cc(-c2ccc(CN3Cc4ncnc(OCC(C)(F)F)c4C3(C)O)cc2)cn1. The normalized spacial score (nSPS) is 18.7. The van der Waals surface area contributed by atoms with E-state index in [1.165, 1.54) is 6.33 Å². The molecular weight excluding hydrogens is 416 g/mol. The number of aryl methyl sites for hydroxylation is 1. The van der Waals surface area contributed by atoms with E-state index in [2.05, 4.69) is 22.0 Å². The predicted molar refractivity (Wildman–Crippen MR) is 115 cm³/mol. The van der Waals surface area contributed by atoms with Gasteiger partial charge in [0.1, 0.15) is 12.1 Å². The third-order valence-electron chi connectivity index (χ3n) is 5.53. The van der Waals surface area contributed by atoms with Crippen LogP contribution in [0.2, 0.25) is 0 Å². The fourth-order valence-corrected chi connectivity index (χ4v) is 3.89. The number of aromatic nitrogens is 4. The molecule has 4 rings (SSSR count). The summed E-state index contributed by atoms with van der Waals surface area (Å²) in [7, 11) is 0. The van der Waals surface area contributed by atoms with Crippen LogP contribution in [0.25, 0.3) is 11.1 Å². The highest BCUT2D eigenvalue weighted by Gasteiger charge is 2.44. The third kappa shape index (κ3) is 4.63. The Morgan fingerprint density at radius 2 is 1.94 bits per heavy atom. The molecule has 0 saturated heterocycles. The molecule has 0 radical (unpaired) electrons. The van der Waals surface area contributed by atoms with Crippen LogP contribution in [0.3, 0.4) is 0 Å². The highest BCUT2D eigenvalue weighted by molar-refractivity contribution is 5.61. The van der Waals surface area contributed by atoms with E-state index >= 15 is 0 Å². The summed E-state index contributed by atoms with van der Waals surface area (Å²) in [5.41, 5.74) is 2.57. The number of fused-ring (bicyclic) bond motifs is 1. The van der Waals surface area contributed by atoms with Crippen LogP contribution in [-0.2, 0) is 25.4 Å². The minimum Gasteiger partial charge on any atom is -0.471 e. The summed E-state index contributed by atoms with van der Waals surface area (Å²) in [6.45, 7) is 5.36. The van der Waals surface area contributed by atoms with Crippen LogP contribution < -0.4 is 4.74 Å². The second-order valence-electron chi connectivity index (χ2n) is 8.43. The quantitative estimate of drug-likeness (QED) is 0.568. The number of alkyl halides is 2. The van der Waals surface area contributed by atoms with Gasteiger partial charge in [-0.2, -0.15) is 5.10 Å². The van der Waals surface area contributed by atoms with Gasteiger partial charge in [0.2, 0.25) is 5.88 Å². The molecule has 0 bridgehead atoms. The number of hydrogen-bond acceptors (Lipinski definition) is 6. The van der Waals surface area contributed by atoms with Crippen molar-refractivity contribution in [1.82, 2.24) is 24.6 Å². The lowest BCUT2D eigenvalue weighted by molar-refractivity contribution is -0.0979. The molecule has 0 spiro atoms. The van der Waals surface area contributed by atoms with Gasteiger partial charge in [-0.25, -0.2) is 18.7 Å². The van der Waals surface area contributed by atoms with Gasteiger partial charge in [0.05, 0.1) is 17.5 Å². The lowest BCUT2D eigenvalue weighted by Gasteiger charge is -2.31. The maximum Gasteiger partial charge on any atom is 0.278 e. The van der Waals surface area contributed by atoms with Crippen LogP contribution in [0.5, 0.6) is 5.88 Å². The highest BCUT2D eigenvalue weighted by Crippen LogP contribution is 2.41. The number of aliphatic hydroxyl groups is 1. The molecule has 170 valence electrons. The van der Waals surface area contributed by atoms with Crippen LogP contribution >= 0.6 is 0 Å². The van der Waals surface area contributed by atoms with Crippen molar-refractivity contribution in [3.05, 3.63) is 59.8 Å². The molecule has 0 aliphatic carbocycles. The Hall–Kier alpha value is -2.91. The summed E-state index contributed by atoms with van der Waals surface area (Å²) in [6.07, 6.45) is 6.18. The van der Waals surface area contributed by atoms with Gasteiger partial charge in [-0.05, 0) is 24.5 Å². The summed E-state index contributed by atoms with van der Waals surface area (Å²) < 4.78 is 33.7. The van der Waals surface area contributed by atoms with E-state index in [1.54, 1.807) is 6.92 Å². The first-order valence-corrected chi connectivity index (χ1v) is 10.6. The Morgan fingerprint density at radius 1 is 1.19 bits per heavy atom. The summed E-state index contributed by atoms with van der Waals surface area (Å²) in [5.74, 6) is -3.01. The largest absolute Gasteiger partial charge is 0.471 e. The number of ether oxygens (including phenoxy) is 1. The molecule has 3 heterocycles. The summed E-state index contributed by atoms with van der Waals surface area (Å²) in [5, 5.41) is 15.6. The smallest absolute Gasteiger partial charge is 0.278 e. The van der Waals surface area contributed by atoms with Gasteiger partial charge < -0.3 is 9.84 Å². The molecule has 3 aromatic rings. The van der Waals surface area contributed by atoms with Crippen molar-refractivity contribution in [1.29, 1.82) is 0 Å². The van der Waals surface area contributed by atoms with Crippen LogP contribution in [0.15, 0.2) is 43.0 Å². The van der Waals surface area contributed by atoms with E-state index in [1.807, 2.05) is 46.2 Å². The number of nitrogens with zero attached hydrogens (tertiary/aromatic N) is 5. The first-order chi connectivity index (χ1) is 15.2. The van der Waals surface area contributed by atoms with Crippen molar-refractivity contribution < 1.29 is 18.6 Å². The Balaban J connectivity index is 1.50. The average molecular weight is 443 g/mol. The minimum atomic E-state index is -3.00. The van der Waals surface area contributed by atoms with Gasteiger partial charge >= 0.3 is 0 Å². The van der Waals surface area contributed by atoms with Crippen molar-refractivity contribution in [2.75, 3.05) is 6.61 Å². The first kappa shape index (κ1) is 22.3. The molecule has 32 heavy (non-hydrogen) atoms. The maximum atomic E-state index is 13.3. The first-order valence-electron chi connectivity index (χ1n) is 10.6. The van der Waals surface area contributed by atoms with Crippen molar-refractivity contribution in [2.24, 2.45) is 0 Å². The van der Waals surface area contributed by atoms with Crippen molar-refractivity contribution >= 4 is 0 Å². The number of halogens is 2. The maximum absolute atomic E-state index is 13.3. The lowest BCUT2D eigenvalue weighted by Crippen LogP contribution is -2.38. The monoisotopic (exact) mass is 443 g/mol. The topological polar surface area (TPSA) is 76.3 Å². The Bertz CT molecular complexity index is 1080. The van der Waals surface area contributed by atoms with E-state index in [0.29, 0.717) is 24.3 Å². The highest BCUT2D eigenvalue weighted by atomic mass is 19.3. The van der Waals surface area contributed by atoms with Gasteiger partial charge in [0, 0.05) is 38.3 Å². The molecule has 1 aromatic carbocycles. The molecule has 7 nitrogen and oxygen atoms in total. The molecule has 1 N–H and O–H groups in total. The number of hydrogen-bond donors (Lipinski definition) is 1. The fourth-order valence-electron chi connectivity index (χ4n) is 3.89. The van der Waals surface area contributed by atoms with Gasteiger partial charge in [-0.3, -0.25) is 9.58 Å². The van der Waals surface area contributed by atoms with Crippen LogP contribution in [0, 0.1) is 0 Å². The fraction of sp³-hybridized carbons (Fsp3) is 0.435. The van der Waals surface area contributed by atoms with Crippen molar-refractivity contribution in [3.63, 3.8) is 0 Å². The molecule has 1 atom stereocenters. The molecule has 1 aliphatic rings. The second-order valence-corrected chi connectivity index (χ2v) is 8.43. The Morgan fingerprint density at radius 3 is 2.62 bits per heavy atom. The predicted octanol–water partition coefficient (Wildman–Crippen LogP) is 3.96. The van der Waals surface area contributed by atoms with E-state index in [0.717, 1.165) is 36.6 Å². The van der Waals surface area contributed by atoms with E-state index in [4.69, 9.17) is 4.74 Å². The number of rotatable bonds is 8. The molecule has 0 saturated carbocycles. The Labute approximate surface area is 185 Å². The summed E-state index contributed by atoms with van der Waals surface area (Å²) in [6, 6.07) is 8.06. The standard InChI is InChI=1S/C23H27F2N5O2/c1-4-9-30-12-18(10-28-30)17-7-5-16(6-8-17)11-29-13-19-20(23(29,3)31)21(27-15-26-19)32-14-22(2,24)25/h5-8,10,12,15,31H,4,9,11,13-14H2,1-3H3. The zero-order valence-electron chi connectivity index (χ0n) is 18.4. The average Bonchev–Trinajstić information content (AvgIpc) is 3.30. The van der Waals surface area contributed by atoms with Crippen molar-refractivity contribution in [3.8, 4) is 17.0 Å². The van der Waals surface area contributed by atoms with Crippen LogP contribution in [0.4, 0.5) is 8.78 Å². The van der Waals surface area contributed by atoms with Gasteiger partial charge in [0.25, 0.3) is 5.92 Å². The number of benzene rings is 1. The van der Waals surface area contributed by atoms with Gasteiger partial charge in [-0.15, -0.1) is 0 Å². The summed E-state index contributed by atoms with van der Waals surface area (Å²) >= 11 is 0. The molecule has 9 heteroatoms. The zero-order chi connectivity index (χ0) is 22.9.